The van der Waals surface area contributed by atoms with E-state index in [2.05, 4.69) is 4.98 Å². The van der Waals surface area contributed by atoms with E-state index >= 15 is 0 Å². The molecule has 1 N–H and O–H groups in total. The smallest absolute Gasteiger partial charge is 0.394 e. The van der Waals surface area contributed by atoms with Crippen LogP contribution in [0.1, 0.15) is 0 Å². The minimum atomic E-state index is -4.72. The van der Waals surface area contributed by atoms with Gasteiger partial charge in [-0.25, -0.2) is 4.98 Å². The molecule has 1 fully saturated rings. The van der Waals surface area contributed by atoms with Gasteiger partial charge in [-0.2, -0.15) is 13.2 Å². The summed E-state index contributed by atoms with van der Waals surface area (Å²) in [5.74, 6) is -6.19. The Morgan fingerprint density at radius 2 is 2.08 bits per heavy atom. The number of halogens is 3. The molecule has 0 radical (unpaired) electrons. The first-order chi connectivity index (χ1) is 11.7. The van der Waals surface area contributed by atoms with Gasteiger partial charge in [-0.1, -0.05) is 0 Å². The molecule has 2 atom stereocenters. The van der Waals surface area contributed by atoms with Crippen molar-refractivity contribution >= 4 is 33.4 Å². The quantitative estimate of drug-likeness (QED) is 0.870. The number of hydrogen-bond donors (Lipinski definition) is 1. The number of thiophene rings is 1. The average Bonchev–Trinajstić information content (AvgIpc) is 3.15. The number of carboxylic acid groups (broad SMARTS) is 1. The van der Waals surface area contributed by atoms with Crippen molar-refractivity contribution < 1.29 is 27.9 Å². The maximum atomic E-state index is 13.0. The molecule has 0 spiro atoms. The van der Waals surface area contributed by atoms with Crippen LogP contribution in [-0.2, 0) is 16.1 Å². The number of carbonyl (C=O) groups excluding carboxylic acids is 1. The number of hydrogen-bond acceptors (Lipinski definition) is 5. The van der Waals surface area contributed by atoms with E-state index in [1.165, 1.54) is 11.3 Å². The molecule has 1 aliphatic rings. The topological polar surface area (TPSA) is 92.5 Å². The predicted molar refractivity (Wildman–Crippen MR) is 81.1 cm³/mol. The standard InChI is InChI=1S/C14H12F3N3O4S/c15-14(16,17)9-4-19(3-8(9)13(23)24)10(21)5-20-6-18-11-7(12(20)22)1-2-25-11/h1-2,6,8-9H,3-5H2,(H,23,24)/t8-,9-/m1/s1. The second-order valence-corrected chi connectivity index (χ2v) is 6.60. The van der Waals surface area contributed by atoms with E-state index in [0.29, 0.717) is 10.2 Å². The van der Waals surface area contributed by atoms with Crippen LogP contribution in [0.4, 0.5) is 13.2 Å². The molecule has 3 heterocycles. The van der Waals surface area contributed by atoms with Crippen LogP contribution in [-0.4, -0.2) is 50.7 Å². The highest BCUT2D eigenvalue weighted by Crippen LogP contribution is 2.37. The summed E-state index contributed by atoms with van der Waals surface area (Å²) in [4.78, 5) is 40.9. The van der Waals surface area contributed by atoms with E-state index in [0.717, 1.165) is 15.8 Å². The molecule has 1 aliphatic heterocycles. The van der Waals surface area contributed by atoms with Crippen LogP contribution < -0.4 is 5.56 Å². The number of fused-ring (bicyclic) bond motifs is 1. The van der Waals surface area contributed by atoms with Crippen molar-refractivity contribution in [3.05, 3.63) is 28.1 Å². The second-order valence-electron chi connectivity index (χ2n) is 5.71. The van der Waals surface area contributed by atoms with Crippen LogP contribution in [0, 0.1) is 11.8 Å². The van der Waals surface area contributed by atoms with Crippen LogP contribution in [0.5, 0.6) is 0 Å². The van der Waals surface area contributed by atoms with Crippen LogP contribution in [0.3, 0.4) is 0 Å². The summed E-state index contributed by atoms with van der Waals surface area (Å²) in [5, 5.41) is 11.0. The molecule has 2 aromatic heterocycles. The maximum Gasteiger partial charge on any atom is 0.394 e. The average molecular weight is 375 g/mol. The molecule has 134 valence electrons. The molecule has 0 saturated carbocycles. The Labute approximate surface area is 142 Å². The van der Waals surface area contributed by atoms with E-state index in [-0.39, 0.29) is 0 Å². The first kappa shape index (κ1) is 17.4. The van der Waals surface area contributed by atoms with Gasteiger partial charge in [-0.05, 0) is 11.4 Å². The van der Waals surface area contributed by atoms with Crippen molar-refractivity contribution in [3.8, 4) is 0 Å². The lowest BCUT2D eigenvalue weighted by atomic mass is 9.96. The number of carbonyl (C=O) groups is 2. The van der Waals surface area contributed by atoms with Crippen LogP contribution in [0.2, 0.25) is 0 Å². The lowest BCUT2D eigenvalue weighted by Crippen LogP contribution is -2.36. The third kappa shape index (κ3) is 3.23. The summed E-state index contributed by atoms with van der Waals surface area (Å²) in [6.07, 6.45) is -3.56. The van der Waals surface area contributed by atoms with Crippen molar-refractivity contribution in [2.24, 2.45) is 11.8 Å². The highest BCUT2D eigenvalue weighted by atomic mass is 32.1. The molecule has 2 aromatic rings. The second kappa shape index (κ2) is 6.14. The van der Waals surface area contributed by atoms with Gasteiger partial charge in [0.05, 0.1) is 23.5 Å². The van der Waals surface area contributed by atoms with Crippen molar-refractivity contribution in [3.63, 3.8) is 0 Å². The molecule has 1 saturated heterocycles. The van der Waals surface area contributed by atoms with Gasteiger partial charge in [0.15, 0.2) is 0 Å². The van der Waals surface area contributed by atoms with Crippen LogP contribution in [0.15, 0.2) is 22.6 Å². The summed E-state index contributed by atoms with van der Waals surface area (Å²) in [5.41, 5.74) is -0.471. The zero-order valence-electron chi connectivity index (χ0n) is 12.6. The fourth-order valence-electron chi connectivity index (χ4n) is 2.84. The molecule has 7 nitrogen and oxygen atoms in total. The number of likely N-dealkylation sites (tertiary alicyclic amines) is 1. The Hall–Kier alpha value is -2.43. The number of carboxylic acids is 1. The molecular weight excluding hydrogens is 363 g/mol. The fraction of sp³-hybridized carbons (Fsp3) is 0.429. The Morgan fingerprint density at radius 1 is 1.36 bits per heavy atom. The Balaban J connectivity index is 1.80. The Kier molecular flexibility index (Phi) is 4.27. The summed E-state index contributed by atoms with van der Waals surface area (Å²) < 4.78 is 39.9. The Bertz CT molecular complexity index is 891. The minimum Gasteiger partial charge on any atom is -0.481 e. The summed E-state index contributed by atoms with van der Waals surface area (Å²) >= 11 is 1.25. The van der Waals surface area contributed by atoms with Crippen molar-refractivity contribution in [1.29, 1.82) is 0 Å². The number of amides is 1. The largest absolute Gasteiger partial charge is 0.481 e. The molecule has 1 amide bonds. The zero-order chi connectivity index (χ0) is 18.4. The third-order valence-corrected chi connectivity index (χ3v) is 4.99. The van der Waals surface area contributed by atoms with Crippen LogP contribution in [0.25, 0.3) is 10.2 Å². The van der Waals surface area contributed by atoms with Crippen molar-refractivity contribution in [1.82, 2.24) is 14.5 Å². The van der Waals surface area contributed by atoms with Gasteiger partial charge in [0, 0.05) is 13.1 Å². The monoisotopic (exact) mass is 375 g/mol. The molecule has 11 heteroatoms. The van der Waals surface area contributed by atoms with E-state index in [4.69, 9.17) is 5.11 Å². The van der Waals surface area contributed by atoms with Gasteiger partial charge in [-0.15, -0.1) is 11.3 Å². The lowest BCUT2D eigenvalue weighted by molar-refractivity contribution is -0.188. The normalized spacial score (nSPS) is 21.0. The van der Waals surface area contributed by atoms with E-state index in [1.807, 2.05) is 0 Å². The van der Waals surface area contributed by atoms with Gasteiger partial charge in [-0.3, -0.25) is 19.0 Å². The minimum absolute atomic E-state index is 0.318. The number of nitrogens with zero attached hydrogens (tertiary/aromatic N) is 3. The van der Waals surface area contributed by atoms with Crippen molar-refractivity contribution in [2.45, 2.75) is 12.7 Å². The Morgan fingerprint density at radius 3 is 2.68 bits per heavy atom. The first-order valence-corrected chi connectivity index (χ1v) is 8.06. The van der Waals surface area contributed by atoms with Gasteiger partial charge >= 0.3 is 12.1 Å². The number of alkyl halides is 3. The molecule has 0 aliphatic carbocycles. The molecule has 0 aromatic carbocycles. The van der Waals surface area contributed by atoms with E-state index in [9.17, 15) is 27.6 Å². The van der Waals surface area contributed by atoms with E-state index < -0.39 is 55.1 Å². The fourth-order valence-corrected chi connectivity index (χ4v) is 3.56. The molecule has 0 bridgehead atoms. The maximum absolute atomic E-state index is 13.0. The molecule has 0 unspecified atom stereocenters. The van der Waals surface area contributed by atoms with Gasteiger partial charge in [0.1, 0.15) is 11.4 Å². The highest BCUT2D eigenvalue weighted by molar-refractivity contribution is 7.16. The van der Waals surface area contributed by atoms with Gasteiger partial charge in [0.2, 0.25) is 5.91 Å². The highest BCUT2D eigenvalue weighted by Gasteiger charge is 2.53. The SMILES string of the molecule is O=C(O)[C@@H]1CN(C(=O)Cn2cnc3sccc3c2=O)C[C@H]1C(F)(F)F. The third-order valence-electron chi connectivity index (χ3n) is 4.17. The van der Waals surface area contributed by atoms with Crippen molar-refractivity contribution in [2.75, 3.05) is 13.1 Å². The summed E-state index contributed by atoms with van der Waals surface area (Å²) in [6, 6.07) is 1.55. The number of aromatic nitrogens is 2. The van der Waals surface area contributed by atoms with Crippen LogP contribution >= 0.6 is 11.3 Å². The molecule has 3 rings (SSSR count). The zero-order valence-corrected chi connectivity index (χ0v) is 13.4. The first-order valence-electron chi connectivity index (χ1n) is 7.18. The predicted octanol–water partition coefficient (Wildman–Crippen LogP) is 1.18. The number of aliphatic carboxylic acids is 1. The molecular formula is C14H12F3N3O4S. The number of rotatable bonds is 3. The van der Waals surface area contributed by atoms with Gasteiger partial charge < -0.3 is 10.0 Å². The van der Waals surface area contributed by atoms with E-state index in [1.54, 1.807) is 11.4 Å². The lowest BCUT2D eigenvalue weighted by Gasteiger charge is -2.18. The summed E-state index contributed by atoms with van der Waals surface area (Å²) in [7, 11) is 0. The molecule has 25 heavy (non-hydrogen) atoms. The summed E-state index contributed by atoms with van der Waals surface area (Å²) in [6.45, 7) is -1.77. The van der Waals surface area contributed by atoms with Gasteiger partial charge in [0.25, 0.3) is 5.56 Å².